The lowest BCUT2D eigenvalue weighted by molar-refractivity contribution is 0.238. The first-order chi connectivity index (χ1) is 11.2. The molecule has 1 aromatic carbocycles. The Morgan fingerprint density at radius 3 is 2.52 bits per heavy atom. The van der Waals surface area contributed by atoms with Crippen molar-refractivity contribution in [3.05, 3.63) is 23.8 Å². The van der Waals surface area contributed by atoms with Crippen LogP contribution in [0.5, 0.6) is 11.5 Å². The summed E-state index contributed by atoms with van der Waals surface area (Å²) >= 11 is 0. The zero-order valence-corrected chi connectivity index (χ0v) is 14.9. The zero-order valence-electron chi connectivity index (χ0n) is 14.9. The Balaban J connectivity index is 2.45. The zero-order chi connectivity index (χ0) is 16.9. The highest BCUT2D eigenvalue weighted by Crippen LogP contribution is 2.28. The van der Waals surface area contributed by atoms with Gasteiger partial charge in [0.25, 0.3) is 0 Å². The summed E-state index contributed by atoms with van der Waals surface area (Å²) in [5, 5.41) is 12.5. The molecule has 0 heterocycles. The first-order valence-corrected chi connectivity index (χ1v) is 8.89. The molecule has 0 aliphatic carbocycles. The lowest BCUT2D eigenvalue weighted by atomic mass is 10.1. The van der Waals surface area contributed by atoms with E-state index in [2.05, 4.69) is 19.2 Å². The Morgan fingerprint density at radius 1 is 1.09 bits per heavy atom. The molecule has 0 spiro atoms. The molecule has 0 aliphatic rings. The fourth-order valence-corrected chi connectivity index (χ4v) is 2.43. The Morgan fingerprint density at radius 2 is 1.87 bits per heavy atom. The molecular formula is C19H33NO3. The average molecular weight is 323 g/mol. The van der Waals surface area contributed by atoms with Crippen LogP contribution in [0.15, 0.2) is 18.2 Å². The lowest BCUT2D eigenvalue weighted by Crippen LogP contribution is -2.31. The van der Waals surface area contributed by atoms with Crippen molar-refractivity contribution in [1.82, 2.24) is 5.32 Å². The highest BCUT2D eigenvalue weighted by Gasteiger charge is 2.08. The minimum Gasteiger partial charge on any atom is -0.493 e. The number of benzene rings is 1. The summed E-state index contributed by atoms with van der Waals surface area (Å²) in [6, 6.07) is 6.16. The summed E-state index contributed by atoms with van der Waals surface area (Å²) in [7, 11) is 1.67. The van der Waals surface area contributed by atoms with Gasteiger partial charge in [-0.15, -0.1) is 0 Å². The first-order valence-electron chi connectivity index (χ1n) is 8.89. The van der Waals surface area contributed by atoms with Gasteiger partial charge >= 0.3 is 0 Å². The van der Waals surface area contributed by atoms with Gasteiger partial charge in [0, 0.05) is 12.6 Å². The van der Waals surface area contributed by atoms with Crippen LogP contribution in [0.25, 0.3) is 0 Å². The molecule has 4 nitrogen and oxygen atoms in total. The van der Waals surface area contributed by atoms with Crippen LogP contribution in [0.1, 0.15) is 57.9 Å². The lowest BCUT2D eigenvalue weighted by Gasteiger charge is -2.16. The molecule has 0 radical (unpaired) electrons. The van der Waals surface area contributed by atoms with Gasteiger partial charge in [0.15, 0.2) is 11.5 Å². The second-order valence-electron chi connectivity index (χ2n) is 5.92. The molecule has 1 aromatic rings. The fourth-order valence-electron chi connectivity index (χ4n) is 2.43. The Kier molecular flexibility index (Phi) is 10.5. The Labute approximate surface area is 141 Å². The number of rotatable bonds is 13. The molecule has 1 rings (SSSR count). The van der Waals surface area contributed by atoms with Crippen LogP contribution in [0.4, 0.5) is 0 Å². The van der Waals surface area contributed by atoms with Gasteiger partial charge in [-0.05, 0) is 30.5 Å². The van der Waals surface area contributed by atoms with Gasteiger partial charge in [-0.3, -0.25) is 0 Å². The minimum atomic E-state index is 0.139. The molecule has 0 fully saturated rings. The van der Waals surface area contributed by atoms with Crippen molar-refractivity contribution in [2.75, 3.05) is 20.3 Å². The number of aliphatic hydroxyl groups is 1. The third-order valence-corrected chi connectivity index (χ3v) is 4.04. The molecule has 2 N–H and O–H groups in total. The van der Waals surface area contributed by atoms with Crippen molar-refractivity contribution in [3.8, 4) is 11.5 Å². The van der Waals surface area contributed by atoms with E-state index in [1.165, 1.54) is 25.7 Å². The summed E-state index contributed by atoms with van der Waals surface area (Å²) in [5.41, 5.74) is 1.13. The number of unbranched alkanes of at least 4 members (excludes halogenated alkanes) is 4. The van der Waals surface area contributed by atoms with Crippen molar-refractivity contribution in [2.45, 2.75) is 65.0 Å². The van der Waals surface area contributed by atoms with Crippen LogP contribution in [0.2, 0.25) is 0 Å². The predicted octanol–water partition coefficient (Wildman–Crippen LogP) is 3.90. The summed E-state index contributed by atoms with van der Waals surface area (Å²) in [5.74, 6) is 1.58. The third kappa shape index (κ3) is 7.71. The fraction of sp³-hybridized carbons (Fsp3) is 0.684. The molecule has 0 amide bonds. The predicted molar refractivity (Wildman–Crippen MR) is 95.3 cm³/mol. The van der Waals surface area contributed by atoms with Gasteiger partial charge in [0.2, 0.25) is 0 Å². The highest BCUT2D eigenvalue weighted by molar-refractivity contribution is 5.42. The van der Waals surface area contributed by atoms with Gasteiger partial charge in [0.05, 0.1) is 20.3 Å². The summed E-state index contributed by atoms with van der Waals surface area (Å²) in [6.45, 7) is 5.90. The quantitative estimate of drug-likeness (QED) is 0.541. The van der Waals surface area contributed by atoms with Crippen LogP contribution in [-0.4, -0.2) is 31.5 Å². The van der Waals surface area contributed by atoms with Gasteiger partial charge in [-0.1, -0.05) is 45.6 Å². The van der Waals surface area contributed by atoms with Crippen LogP contribution < -0.4 is 14.8 Å². The molecule has 23 heavy (non-hydrogen) atoms. The molecule has 4 heteroatoms. The van der Waals surface area contributed by atoms with Crippen molar-refractivity contribution in [3.63, 3.8) is 0 Å². The molecule has 0 bridgehead atoms. The molecule has 0 saturated heterocycles. The maximum absolute atomic E-state index is 9.22. The normalized spacial score (nSPS) is 12.2. The number of aliphatic hydroxyl groups excluding tert-OH is 1. The maximum atomic E-state index is 9.22. The second-order valence-corrected chi connectivity index (χ2v) is 5.92. The van der Waals surface area contributed by atoms with Crippen LogP contribution in [0, 0.1) is 0 Å². The van der Waals surface area contributed by atoms with E-state index in [-0.39, 0.29) is 12.6 Å². The molecule has 1 unspecified atom stereocenters. The number of methoxy groups -OCH3 is 1. The largest absolute Gasteiger partial charge is 0.493 e. The minimum absolute atomic E-state index is 0.139. The topological polar surface area (TPSA) is 50.7 Å². The number of ether oxygens (including phenoxy) is 2. The molecule has 0 aromatic heterocycles. The van der Waals surface area contributed by atoms with Gasteiger partial charge < -0.3 is 19.9 Å². The van der Waals surface area contributed by atoms with E-state index in [4.69, 9.17) is 9.47 Å². The van der Waals surface area contributed by atoms with E-state index in [1.807, 2.05) is 18.2 Å². The molecule has 132 valence electrons. The van der Waals surface area contributed by atoms with Crippen molar-refractivity contribution in [1.29, 1.82) is 0 Å². The summed E-state index contributed by atoms with van der Waals surface area (Å²) in [4.78, 5) is 0. The van der Waals surface area contributed by atoms with E-state index in [0.29, 0.717) is 6.54 Å². The first kappa shape index (κ1) is 19.8. The van der Waals surface area contributed by atoms with Crippen molar-refractivity contribution < 1.29 is 14.6 Å². The number of hydrogen-bond acceptors (Lipinski definition) is 4. The highest BCUT2D eigenvalue weighted by atomic mass is 16.5. The van der Waals surface area contributed by atoms with Crippen LogP contribution in [0.3, 0.4) is 0 Å². The number of hydrogen-bond donors (Lipinski definition) is 2. The molecular weight excluding hydrogens is 290 g/mol. The van der Waals surface area contributed by atoms with Crippen LogP contribution >= 0.6 is 0 Å². The van der Waals surface area contributed by atoms with E-state index < -0.39 is 0 Å². The molecule has 0 saturated carbocycles. The SMILES string of the molecule is CCCCCCCOc1ccc(CNC(CC)CO)cc1OC. The number of nitrogens with one attached hydrogen (secondary N) is 1. The Bertz CT molecular complexity index is 419. The molecule has 1 atom stereocenters. The second kappa shape index (κ2) is 12.2. The standard InChI is InChI=1S/C19H33NO3/c1-4-6-7-8-9-12-23-18-11-10-16(13-19(18)22-3)14-20-17(5-2)15-21/h10-11,13,17,20-21H,4-9,12,14-15H2,1-3H3. The van der Waals surface area contributed by atoms with E-state index >= 15 is 0 Å². The van der Waals surface area contributed by atoms with E-state index in [0.717, 1.165) is 36.5 Å². The monoisotopic (exact) mass is 323 g/mol. The maximum Gasteiger partial charge on any atom is 0.161 e. The molecule has 0 aliphatic heterocycles. The average Bonchev–Trinajstić information content (AvgIpc) is 2.59. The van der Waals surface area contributed by atoms with Gasteiger partial charge in [-0.25, -0.2) is 0 Å². The van der Waals surface area contributed by atoms with Crippen molar-refractivity contribution in [2.24, 2.45) is 0 Å². The summed E-state index contributed by atoms with van der Waals surface area (Å²) in [6.07, 6.45) is 7.06. The smallest absolute Gasteiger partial charge is 0.161 e. The van der Waals surface area contributed by atoms with Gasteiger partial charge in [0.1, 0.15) is 0 Å². The van der Waals surface area contributed by atoms with E-state index in [1.54, 1.807) is 7.11 Å². The summed E-state index contributed by atoms with van der Waals surface area (Å²) < 4.78 is 11.3. The van der Waals surface area contributed by atoms with Crippen LogP contribution in [-0.2, 0) is 6.54 Å². The Hall–Kier alpha value is -1.26. The van der Waals surface area contributed by atoms with Crippen molar-refractivity contribution >= 4 is 0 Å². The third-order valence-electron chi connectivity index (χ3n) is 4.04. The van der Waals surface area contributed by atoms with Gasteiger partial charge in [-0.2, -0.15) is 0 Å². The van der Waals surface area contributed by atoms with E-state index in [9.17, 15) is 5.11 Å².